The molecule has 0 radical (unpaired) electrons. The second-order valence-electron chi connectivity index (χ2n) is 7.21. The van der Waals surface area contributed by atoms with Crippen LogP contribution in [0.2, 0.25) is 0 Å². The molecule has 106 valence electrons. The molecular weight excluding hydrogens is 230 g/mol. The molecule has 0 aromatic heterocycles. The van der Waals surface area contributed by atoms with E-state index in [9.17, 15) is 0 Å². The monoisotopic (exact) mass is 259 g/mol. The Balaban J connectivity index is 1.83. The van der Waals surface area contributed by atoms with Gasteiger partial charge in [-0.15, -0.1) is 0 Å². The Morgan fingerprint density at radius 1 is 1.00 bits per heavy atom. The van der Waals surface area contributed by atoms with E-state index < -0.39 is 0 Å². The minimum Gasteiger partial charge on any atom is -0.307 e. The van der Waals surface area contributed by atoms with Gasteiger partial charge < -0.3 is 5.32 Å². The van der Waals surface area contributed by atoms with Gasteiger partial charge in [-0.25, -0.2) is 0 Å². The minimum atomic E-state index is 0.470. The fourth-order valence-corrected chi connectivity index (χ4v) is 3.32. The second-order valence-corrected chi connectivity index (χ2v) is 7.21. The maximum atomic E-state index is 3.81. The summed E-state index contributed by atoms with van der Waals surface area (Å²) >= 11 is 0. The summed E-state index contributed by atoms with van der Waals surface area (Å²) in [5, 5.41) is 3.81. The third-order valence-electron chi connectivity index (χ3n) is 4.74. The zero-order chi connectivity index (χ0) is 13.9. The van der Waals surface area contributed by atoms with Crippen molar-refractivity contribution >= 4 is 0 Å². The van der Waals surface area contributed by atoms with Gasteiger partial charge in [0, 0.05) is 12.1 Å². The van der Waals surface area contributed by atoms with Crippen molar-refractivity contribution in [3.8, 4) is 0 Å². The SMILES string of the molecule is C[C@@H](NC1CCC(C(C)(C)C)CC1)c1ccccc1. The van der Waals surface area contributed by atoms with Crippen LogP contribution in [0.5, 0.6) is 0 Å². The van der Waals surface area contributed by atoms with Crippen LogP contribution in [0, 0.1) is 11.3 Å². The van der Waals surface area contributed by atoms with Gasteiger partial charge in [-0.05, 0) is 49.5 Å². The van der Waals surface area contributed by atoms with E-state index in [1.807, 2.05) is 0 Å². The Kier molecular flexibility index (Phi) is 4.67. The van der Waals surface area contributed by atoms with E-state index in [1.54, 1.807) is 0 Å². The summed E-state index contributed by atoms with van der Waals surface area (Å²) in [6.45, 7) is 9.44. The molecular formula is C18H29N. The summed E-state index contributed by atoms with van der Waals surface area (Å²) in [7, 11) is 0. The third-order valence-corrected chi connectivity index (χ3v) is 4.74. The van der Waals surface area contributed by atoms with Crippen LogP contribution in [0.3, 0.4) is 0 Å². The predicted octanol–water partition coefficient (Wildman–Crippen LogP) is 4.94. The lowest BCUT2D eigenvalue weighted by molar-refractivity contribution is 0.157. The van der Waals surface area contributed by atoms with Crippen LogP contribution in [-0.4, -0.2) is 6.04 Å². The molecule has 0 aliphatic heterocycles. The molecule has 0 unspecified atom stereocenters. The summed E-state index contributed by atoms with van der Waals surface area (Å²) in [4.78, 5) is 0. The third kappa shape index (κ3) is 4.07. The number of hydrogen-bond donors (Lipinski definition) is 1. The van der Waals surface area contributed by atoms with Crippen molar-refractivity contribution in [2.75, 3.05) is 0 Å². The van der Waals surface area contributed by atoms with Crippen molar-refractivity contribution in [3.63, 3.8) is 0 Å². The summed E-state index contributed by atoms with van der Waals surface area (Å²) < 4.78 is 0. The van der Waals surface area contributed by atoms with Gasteiger partial charge in [0.25, 0.3) is 0 Å². The van der Waals surface area contributed by atoms with Gasteiger partial charge in [0.1, 0.15) is 0 Å². The molecule has 1 aliphatic rings. The Labute approximate surface area is 118 Å². The molecule has 1 aromatic carbocycles. The molecule has 1 aliphatic carbocycles. The fourth-order valence-electron chi connectivity index (χ4n) is 3.32. The first-order chi connectivity index (χ1) is 8.97. The smallest absolute Gasteiger partial charge is 0.0294 e. The molecule has 0 amide bonds. The fraction of sp³-hybridized carbons (Fsp3) is 0.667. The lowest BCUT2D eigenvalue weighted by Gasteiger charge is -2.38. The van der Waals surface area contributed by atoms with Crippen molar-refractivity contribution in [1.29, 1.82) is 0 Å². The summed E-state index contributed by atoms with van der Waals surface area (Å²) in [6.07, 6.45) is 5.42. The Bertz CT molecular complexity index is 368. The minimum absolute atomic E-state index is 0.470. The van der Waals surface area contributed by atoms with Crippen molar-refractivity contribution < 1.29 is 0 Å². The molecule has 0 spiro atoms. The van der Waals surface area contributed by atoms with Crippen LogP contribution < -0.4 is 5.32 Å². The van der Waals surface area contributed by atoms with Crippen molar-refractivity contribution in [2.45, 2.75) is 65.5 Å². The van der Waals surface area contributed by atoms with E-state index in [1.165, 1.54) is 31.2 Å². The normalized spacial score (nSPS) is 26.1. The lowest BCUT2D eigenvalue weighted by atomic mass is 9.71. The van der Waals surface area contributed by atoms with Crippen LogP contribution in [0.1, 0.15) is 65.0 Å². The maximum absolute atomic E-state index is 3.81. The number of hydrogen-bond acceptors (Lipinski definition) is 1. The van der Waals surface area contributed by atoms with Crippen LogP contribution in [0.25, 0.3) is 0 Å². The van der Waals surface area contributed by atoms with E-state index in [0.717, 1.165) is 5.92 Å². The Morgan fingerprint density at radius 3 is 2.11 bits per heavy atom. The molecule has 0 heterocycles. The van der Waals surface area contributed by atoms with Crippen LogP contribution in [-0.2, 0) is 0 Å². The Morgan fingerprint density at radius 2 is 1.58 bits per heavy atom. The molecule has 0 saturated heterocycles. The molecule has 19 heavy (non-hydrogen) atoms. The largest absolute Gasteiger partial charge is 0.307 e. The molecule has 1 saturated carbocycles. The molecule has 1 atom stereocenters. The molecule has 1 N–H and O–H groups in total. The maximum Gasteiger partial charge on any atom is 0.0294 e. The summed E-state index contributed by atoms with van der Waals surface area (Å²) in [5.41, 5.74) is 1.89. The van der Waals surface area contributed by atoms with E-state index in [-0.39, 0.29) is 0 Å². The van der Waals surface area contributed by atoms with E-state index in [4.69, 9.17) is 0 Å². The van der Waals surface area contributed by atoms with Crippen molar-refractivity contribution in [3.05, 3.63) is 35.9 Å². The Hall–Kier alpha value is -0.820. The van der Waals surface area contributed by atoms with Crippen LogP contribution >= 0.6 is 0 Å². The number of benzene rings is 1. The standard InChI is InChI=1S/C18H29N/c1-14(15-8-6-5-7-9-15)19-17-12-10-16(11-13-17)18(2,3)4/h5-9,14,16-17,19H,10-13H2,1-4H3/t14-,16?,17?/m1/s1. The van der Waals surface area contributed by atoms with Crippen LogP contribution in [0.4, 0.5) is 0 Å². The van der Waals surface area contributed by atoms with Gasteiger partial charge in [0.15, 0.2) is 0 Å². The van der Waals surface area contributed by atoms with Gasteiger partial charge in [0.05, 0.1) is 0 Å². The number of nitrogens with one attached hydrogen (secondary N) is 1. The van der Waals surface area contributed by atoms with Gasteiger partial charge in [-0.1, -0.05) is 51.1 Å². The van der Waals surface area contributed by atoms with Crippen molar-refractivity contribution in [2.24, 2.45) is 11.3 Å². The first-order valence-electron chi connectivity index (χ1n) is 7.78. The zero-order valence-corrected chi connectivity index (χ0v) is 12.9. The summed E-state index contributed by atoms with van der Waals surface area (Å²) in [5.74, 6) is 0.901. The van der Waals surface area contributed by atoms with Gasteiger partial charge in [-0.2, -0.15) is 0 Å². The highest BCUT2D eigenvalue weighted by Crippen LogP contribution is 2.38. The van der Waals surface area contributed by atoms with E-state index in [0.29, 0.717) is 17.5 Å². The highest BCUT2D eigenvalue weighted by atomic mass is 14.9. The highest BCUT2D eigenvalue weighted by molar-refractivity contribution is 5.18. The second kappa shape index (κ2) is 6.09. The average Bonchev–Trinajstić information content (AvgIpc) is 2.39. The first-order valence-corrected chi connectivity index (χ1v) is 7.78. The van der Waals surface area contributed by atoms with Crippen LogP contribution in [0.15, 0.2) is 30.3 Å². The van der Waals surface area contributed by atoms with Gasteiger partial charge in [-0.3, -0.25) is 0 Å². The van der Waals surface area contributed by atoms with Gasteiger partial charge >= 0.3 is 0 Å². The van der Waals surface area contributed by atoms with Gasteiger partial charge in [0.2, 0.25) is 0 Å². The van der Waals surface area contributed by atoms with E-state index in [2.05, 4.69) is 63.3 Å². The van der Waals surface area contributed by atoms with Crippen molar-refractivity contribution in [1.82, 2.24) is 5.32 Å². The number of rotatable bonds is 3. The quantitative estimate of drug-likeness (QED) is 0.810. The highest BCUT2D eigenvalue weighted by Gasteiger charge is 2.29. The zero-order valence-electron chi connectivity index (χ0n) is 12.9. The molecule has 2 rings (SSSR count). The lowest BCUT2D eigenvalue weighted by Crippen LogP contribution is -2.37. The topological polar surface area (TPSA) is 12.0 Å². The first kappa shape index (κ1) is 14.6. The molecule has 1 fully saturated rings. The molecule has 1 aromatic rings. The average molecular weight is 259 g/mol. The molecule has 0 bridgehead atoms. The molecule has 1 nitrogen and oxygen atoms in total. The van der Waals surface area contributed by atoms with E-state index >= 15 is 0 Å². The molecule has 1 heteroatoms. The summed E-state index contributed by atoms with van der Waals surface area (Å²) in [6, 6.07) is 12.0. The predicted molar refractivity (Wildman–Crippen MR) is 83.2 cm³/mol.